The van der Waals surface area contributed by atoms with Gasteiger partial charge in [0, 0.05) is 11.1 Å². The van der Waals surface area contributed by atoms with Crippen LogP contribution in [-0.4, -0.2) is 17.4 Å². The van der Waals surface area contributed by atoms with Gasteiger partial charge in [0.25, 0.3) is 0 Å². The molecule has 0 aliphatic carbocycles. The Labute approximate surface area is 97.9 Å². The monoisotopic (exact) mass is 241 g/mol. The van der Waals surface area contributed by atoms with Crippen molar-refractivity contribution in [3.05, 3.63) is 28.8 Å². The van der Waals surface area contributed by atoms with Crippen molar-refractivity contribution in [1.82, 2.24) is 5.43 Å². The summed E-state index contributed by atoms with van der Waals surface area (Å²) in [7, 11) is 0. The molecule has 2 amide bonds. The molecule has 6 heteroatoms. The Bertz CT molecular complexity index is 432. The molecule has 1 aromatic carbocycles. The van der Waals surface area contributed by atoms with Gasteiger partial charge in [-0.2, -0.15) is 5.10 Å². The molecule has 0 saturated carbocycles. The number of carbonyl (C=O) groups is 1. The van der Waals surface area contributed by atoms with Crippen molar-refractivity contribution in [2.45, 2.75) is 12.8 Å². The number of benzene rings is 1. The highest BCUT2D eigenvalue weighted by Gasteiger charge is 2.06. The third-order valence-electron chi connectivity index (χ3n) is 1.89. The Kier molecular flexibility index (Phi) is 4.13. The number of carbonyl (C=O) groups excluding carboxylic acids is 1. The van der Waals surface area contributed by atoms with Crippen LogP contribution in [0.2, 0.25) is 0 Å². The number of hydrazone groups is 1. The largest absolute Gasteiger partial charge is 0.507 e. The first-order valence-electron chi connectivity index (χ1n) is 4.51. The lowest BCUT2D eigenvalue weighted by molar-refractivity contribution is 0.249. The van der Waals surface area contributed by atoms with Gasteiger partial charge in [-0.15, -0.1) is 11.6 Å². The molecule has 0 radical (unpaired) electrons. The van der Waals surface area contributed by atoms with Crippen LogP contribution in [0.1, 0.15) is 16.7 Å². The van der Waals surface area contributed by atoms with Crippen LogP contribution in [0.5, 0.6) is 5.75 Å². The molecular weight excluding hydrogens is 230 g/mol. The normalized spacial score (nSPS) is 10.6. The smallest absolute Gasteiger partial charge is 0.332 e. The summed E-state index contributed by atoms with van der Waals surface area (Å²) in [6.07, 6.45) is 1.31. The van der Waals surface area contributed by atoms with E-state index in [1.165, 1.54) is 6.21 Å². The number of hydrogen-bond acceptors (Lipinski definition) is 3. The van der Waals surface area contributed by atoms with E-state index in [1.807, 2.05) is 12.3 Å². The fourth-order valence-electron chi connectivity index (χ4n) is 1.25. The number of primary amides is 1. The van der Waals surface area contributed by atoms with Crippen LogP contribution in [0.25, 0.3) is 0 Å². The fourth-order valence-corrected chi connectivity index (χ4v) is 1.45. The molecule has 0 aliphatic heterocycles. The summed E-state index contributed by atoms with van der Waals surface area (Å²) in [6, 6.07) is 2.74. The molecule has 0 unspecified atom stereocenters. The molecule has 0 bridgehead atoms. The summed E-state index contributed by atoms with van der Waals surface area (Å²) < 4.78 is 0. The van der Waals surface area contributed by atoms with Gasteiger partial charge in [-0.25, -0.2) is 10.2 Å². The first-order valence-corrected chi connectivity index (χ1v) is 5.05. The van der Waals surface area contributed by atoms with Gasteiger partial charge < -0.3 is 10.8 Å². The number of rotatable bonds is 3. The van der Waals surface area contributed by atoms with E-state index in [9.17, 15) is 9.90 Å². The van der Waals surface area contributed by atoms with Crippen LogP contribution in [0, 0.1) is 6.92 Å². The average molecular weight is 242 g/mol. The molecular formula is C10H12ClN3O2. The number of urea groups is 1. The first kappa shape index (κ1) is 12.3. The second-order valence-corrected chi connectivity index (χ2v) is 3.50. The van der Waals surface area contributed by atoms with E-state index in [0.29, 0.717) is 11.1 Å². The van der Waals surface area contributed by atoms with Crippen LogP contribution >= 0.6 is 11.6 Å². The standard InChI is InChI=1S/C10H12ClN3O2/c1-6-2-7(4-11)9(15)8(3-6)5-13-14-10(12)16/h2-3,5,15H,4H2,1H3,(H3,12,14,16). The van der Waals surface area contributed by atoms with Crippen LogP contribution in [-0.2, 0) is 5.88 Å². The highest BCUT2D eigenvalue weighted by molar-refractivity contribution is 6.17. The quantitative estimate of drug-likeness (QED) is 0.425. The van der Waals surface area contributed by atoms with Crippen molar-refractivity contribution < 1.29 is 9.90 Å². The van der Waals surface area contributed by atoms with E-state index in [0.717, 1.165) is 5.56 Å². The van der Waals surface area contributed by atoms with Gasteiger partial charge in [-0.3, -0.25) is 0 Å². The molecule has 16 heavy (non-hydrogen) atoms. The third-order valence-corrected chi connectivity index (χ3v) is 2.17. The lowest BCUT2D eigenvalue weighted by atomic mass is 10.1. The third kappa shape index (κ3) is 3.13. The second kappa shape index (κ2) is 5.37. The number of phenols is 1. The lowest BCUT2D eigenvalue weighted by Crippen LogP contribution is -2.24. The van der Waals surface area contributed by atoms with Crippen LogP contribution in [0.4, 0.5) is 4.79 Å². The molecule has 0 fully saturated rings. The van der Waals surface area contributed by atoms with Crippen molar-refractivity contribution in [2.75, 3.05) is 0 Å². The number of alkyl halides is 1. The summed E-state index contributed by atoms with van der Waals surface area (Å²) in [4.78, 5) is 10.4. The predicted molar refractivity (Wildman–Crippen MR) is 62.7 cm³/mol. The zero-order chi connectivity index (χ0) is 12.1. The molecule has 0 aromatic heterocycles. The number of hydrogen-bond donors (Lipinski definition) is 3. The summed E-state index contributed by atoms with van der Waals surface area (Å²) in [5.41, 5.74) is 8.90. The van der Waals surface area contributed by atoms with Gasteiger partial charge in [0.2, 0.25) is 0 Å². The molecule has 0 aliphatic rings. The lowest BCUT2D eigenvalue weighted by Gasteiger charge is -2.06. The van der Waals surface area contributed by atoms with E-state index < -0.39 is 6.03 Å². The number of amides is 2. The van der Waals surface area contributed by atoms with E-state index in [4.69, 9.17) is 17.3 Å². The van der Waals surface area contributed by atoms with Gasteiger partial charge in [0.05, 0.1) is 12.1 Å². The Balaban J connectivity index is 2.99. The van der Waals surface area contributed by atoms with Crippen molar-refractivity contribution in [3.63, 3.8) is 0 Å². The summed E-state index contributed by atoms with van der Waals surface area (Å²) in [5.74, 6) is 0.257. The minimum Gasteiger partial charge on any atom is -0.507 e. The van der Waals surface area contributed by atoms with Crippen molar-refractivity contribution >= 4 is 23.8 Å². The van der Waals surface area contributed by atoms with Crippen molar-refractivity contribution in [1.29, 1.82) is 0 Å². The molecule has 4 N–H and O–H groups in total. The SMILES string of the molecule is Cc1cc(C=NNC(N)=O)c(O)c(CCl)c1. The van der Waals surface area contributed by atoms with Crippen molar-refractivity contribution in [2.24, 2.45) is 10.8 Å². The molecule has 0 atom stereocenters. The fraction of sp³-hybridized carbons (Fsp3) is 0.200. The number of aromatic hydroxyl groups is 1. The summed E-state index contributed by atoms with van der Waals surface area (Å²) >= 11 is 5.67. The van der Waals surface area contributed by atoms with Gasteiger partial charge in [0.1, 0.15) is 5.75 Å². The number of aryl methyl sites for hydroxylation is 1. The molecule has 86 valence electrons. The number of nitrogens with one attached hydrogen (secondary N) is 1. The Hall–Kier alpha value is -1.75. The van der Waals surface area contributed by atoms with E-state index in [-0.39, 0.29) is 11.6 Å². The van der Waals surface area contributed by atoms with Gasteiger partial charge in [-0.05, 0) is 18.6 Å². The Morgan fingerprint density at radius 1 is 1.69 bits per heavy atom. The molecule has 0 spiro atoms. The maximum Gasteiger partial charge on any atom is 0.332 e. The van der Waals surface area contributed by atoms with E-state index in [2.05, 4.69) is 5.10 Å². The summed E-state index contributed by atoms with van der Waals surface area (Å²) in [6.45, 7) is 1.87. The summed E-state index contributed by atoms with van der Waals surface area (Å²) in [5, 5.41) is 13.3. The predicted octanol–water partition coefficient (Wildman–Crippen LogP) is 1.44. The maximum absolute atomic E-state index is 10.4. The molecule has 0 heterocycles. The Morgan fingerprint density at radius 2 is 2.38 bits per heavy atom. The van der Waals surface area contributed by atoms with Gasteiger partial charge in [-0.1, -0.05) is 6.07 Å². The van der Waals surface area contributed by atoms with Gasteiger partial charge in [0.15, 0.2) is 0 Å². The van der Waals surface area contributed by atoms with E-state index >= 15 is 0 Å². The Morgan fingerprint density at radius 3 is 2.94 bits per heavy atom. The van der Waals surface area contributed by atoms with Crippen molar-refractivity contribution in [3.8, 4) is 5.75 Å². The van der Waals surface area contributed by atoms with Crippen LogP contribution < -0.4 is 11.2 Å². The first-order chi connectivity index (χ1) is 7.54. The number of nitrogens with two attached hydrogens (primary N) is 1. The number of nitrogens with zero attached hydrogens (tertiary/aromatic N) is 1. The maximum atomic E-state index is 10.4. The molecule has 1 rings (SSSR count). The molecule has 1 aromatic rings. The number of halogens is 1. The number of phenolic OH excluding ortho intramolecular Hbond substituents is 1. The molecule has 5 nitrogen and oxygen atoms in total. The average Bonchev–Trinajstić information content (AvgIpc) is 2.22. The van der Waals surface area contributed by atoms with Crippen LogP contribution in [0.3, 0.4) is 0 Å². The van der Waals surface area contributed by atoms with E-state index in [1.54, 1.807) is 12.1 Å². The zero-order valence-electron chi connectivity index (χ0n) is 8.70. The highest BCUT2D eigenvalue weighted by Crippen LogP contribution is 2.24. The zero-order valence-corrected chi connectivity index (χ0v) is 9.45. The van der Waals surface area contributed by atoms with Crippen LogP contribution in [0.15, 0.2) is 17.2 Å². The molecule has 0 saturated heterocycles. The second-order valence-electron chi connectivity index (χ2n) is 3.23. The highest BCUT2D eigenvalue weighted by atomic mass is 35.5. The van der Waals surface area contributed by atoms with Gasteiger partial charge >= 0.3 is 6.03 Å². The topological polar surface area (TPSA) is 87.7 Å². The minimum absolute atomic E-state index is 0.0515. The minimum atomic E-state index is -0.763.